The van der Waals surface area contributed by atoms with Gasteiger partial charge in [0.15, 0.2) is 6.10 Å². The number of nitrogens with zero attached hydrogens (tertiary/aromatic N) is 1. The second-order valence-electron chi connectivity index (χ2n) is 12.2. The fourth-order valence-electron chi connectivity index (χ4n) is 4.25. The highest BCUT2D eigenvalue weighted by Gasteiger charge is 2.27. The first-order chi connectivity index (χ1) is 19.5. The zero-order valence-corrected chi connectivity index (χ0v) is 27.9. The number of carbonyl (C=O) groups excluding carboxylic acids is 2. The summed E-state index contributed by atoms with van der Waals surface area (Å²) in [6.45, 7) is 4.33. The van der Waals surface area contributed by atoms with Gasteiger partial charge in [-0.25, -0.2) is 4.57 Å². The lowest BCUT2D eigenvalue weighted by Gasteiger charge is -2.24. The highest BCUT2D eigenvalue weighted by atomic mass is 31.2. The molecule has 244 valence electrons. The number of phosphoric ester groups is 1. The number of carbonyl (C=O) groups is 2. The summed E-state index contributed by atoms with van der Waals surface area (Å²) in [7, 11) is 1.48. The molecule has 0 spiro atoms. The van der Waals surface area contributed by atoms with Gasteiger partial charge in [0.05, 0.1) is 27.7 Å². The van der Waals surface area contributed by atoms with E-state index in [1.54, 1.807) is 0 Å². The Morgan fingerprint density at radius 2 is 1.10 bits per heavy atom. The summed E-state index contributed by atoms with van der Waals surface area (Å²) >= 11 is 0. The van der Waals surface area contributed by atoms with Crippen LogP contribution in [-0.2, 0) is 32.7 Å². The standard InChI is InChI=1S/C31H62NO8P/c1-6-8-10-12-14-15-16-18-19-21-23-30(33)37-27-29(28-39-41(35,36)38-26-25-32(3,4)5)40-31(34)24-22-20-17-13-11-9-7-2/h29H,6-28H2,1-5H3/p+1. The summed E-state index contributed by atoms with van der Waals surface area (Å²) in [4.78, 5) is 34.8. The van der Waals surface area contributed by atoms with E-state index in [0.717, 1.165) is 38.5 Å². The van der Waals surface area contributed by atoms with Crippen molar-refractivity contribution in [2.75, 3.05) is 47.5 Å². The molecule has 0 radical (unpaired) electrons. The van der Waals surface area contributed by atoms with E-state index in [1.807, 2.05) is 21.1 Å². The van der Waals surface area contributed by atoms with Crippen molar-refractivity contribution in [2.24, 2.45) is 0 Å². The number of ether oxygens (including phenoxy) is 2. The summed E-state index contributed by atoms with van der Waals surface area (Å²) < 4.78 is 33.9. The average Bonchev–Trinajstić information content (AvgIpc) is 2.90. The van der Waals surface area contributed by atoms with Crippen LogP contribution in [0.3, 0.4) is 0 Å². The third-order valence-electron chi connectivity index (χ3n) is 6.89. The van der Waals surface area contributed by atoms with E-state index in [0.29, 0.717) is 23.9 Å². The van der Waals surface area contributed by atoms with Gasteiger partial charge in [-0.3, -0.25) is 18.6 Å². The van der Waals surface area contributed by atoms with E-state index in [2.05, 4.69) is 13.8 Å². The maximum absolute atomic E-state index is 12.4. The minimum atomic E-state index is -4.34. The normalized spacial score (nSPS) is 14.0. The van der Waals surface area contributed by atoms with Crippen LogP contribution in [0.25, 0.3) is 0 Å². The predicted molar refractivity (Wildman–Crippen MR) is 165 cm³/mol. The summed E-state index contributed by atoms with van der Waals surface area (Å²) in [5.74, 6) is -0.805. The van der Waals surface area contributed by atoms with Gasteiger partial charge in [0.2, 0.25) is 0 Å². The van der Waals surface area contributed by atoms with Gasteiger partial charge in [-0.1, -0.05) is 110 Å². The molecule has 0 heterocycles. The minimum Gasteiger partial charge on any atom is -0.462 e. The smallest absolute Gasteiger partial charge is 0.462 e. The molecule has 9 nitrogen and oxygen atoms in total. The van der Waals surface area contributed by atoms with Gasteiger partial charge < -0.3 is 18.9 Å². The summed E-state index contributed by atoms with van der Waals surface area (Å²) in [6.07, 6.45) is 18.8. The number of hydrogen-bond donors (Lipinski definition) is 1. The second kappa shape index (κ2) is 25.5. The Bertz CT molecular complexity index is 698. The van der Waals surface area contributed by atoms with E-state index in [-0.39, 0.29) is 25.6 Å². The van der Waals surface area contributed by atoms with E-state index in [1.165, 1.54) is 64.2 Å². The molecule has 0 fully saturated rings. The average molecular weight is 609 g/mol. The van der Waals surface area contributed by atoms with Crippen LogP contribution in [0.2, 0.25) is 0 Å². The first-order valence-corrected chi connectivity index (χ1v) is 17.8. The van der Waals surface area contributed by atoms with Gasteiger partial charge in [-0.2, -0.15) is 0 Å². The van der Waals surface area contributed by atoms with Gasteiger partial charge in [-0.15, -0.1) is 0 Å². The molecule has 0 saturated heterocycles. The number of esters is 2. The number of quaternary nitrogens is 1. The summed E-state index contributed by atoms with van der Waals surface area (Å²) in [5, 5.41) is 0. The Balaban J connectivity index is 4.49. The molecule has 0 aliphatic carbocycles. The zero-order valence-electron chi connectivity index (χ0n) is 27.0. The molecule has 2 unspecified atom stereocenters. The number of likely N-dealkylation sites (N-methyl/N-ethyl adjacent to an activating group) is 1. The largest absolute Gasteiger partial charge is 0.472 e. The van der Waals surface area contributed by atoms with Crippen LogP contribution in [-0.4, -0.2) is 74.9 Å². The van der Waals surface area contributed by atoms with Crippen molar-refractivity contribution in [1.82, 2.24) is 0 Å². The Labute approximate surface area is 251 Å². The summed E-state index contributed by atoms with van der Waals surface area (Å²) in [5.41, 5.74) is 0. The van der Waals surface area contributed by atoms with Crippen molar-refractivity contribution in [2.45, 2.75) is 142 Å². The third kappa shape index (κ3) is 28.9. The van der Waals surface area contributed by atoms with Crippen molar-refractivity contribution >= 4 is 19.8 Å². The van der Waals surface area contributed by atoms with Crippen LogP contribution in [0.1, 0.15) is 136 Å². The molecule has 0 aromatic rings. The van der Waals surface area contributed by atoms with Crippen molar-refractivity contribution < 1.29 is 42.1 Å². The van der Waals surface area contributed by atoms with Crippen LogP contribution >= 0.6 is 7.82 Å². The maximum Gasteiger partial charge on any atom is 0.472 e. The predicted octanol–water partition coefficient (Wildman–Crippen LogP) is 7.73. The Morgan fingerprint density at radius 3 is 1.56 bits per heavy atom. The van der Waals surface area contributed by atoms with E-state index in [4.69, 9.17) is 18.5 Å². The number of rotatable bonds is 29. The van der Waals surface area contributed by atoms with E-state index in [9.17, 15) is 19.0 Å². The highest BCUT2D eigenvalue weighted by Crippen LogP contribution is 2.43. The lowest BCUT2D eigenvalue weighted by atomic mass is 10.1. The van der Waals surface area contributed by atoms with Crippen molar-refractivity contribution in [3.8, 4) is 0 Å². The number of hydrogen-bond acceptors (Lipinski definition) is 7. The van der Waals surface area contributed by atoms with Crippen molar-refractivity contribution in [1.29, 1.82) is 0 Å². The molecular weight excluding hydrogens is 545 g/mol. The lowest BCUT2D eigenvalue weighted by molar-refractivity contribution is -0.870. The Kier molecular flexibility index (Phi) is 24.9. The molecule has 0 saturated carbocycles. The van der Waals surface area contributed by atoms with Gasteiger partial charge in [0.1, 0.15) is 19.8 Å². The minimum absolute atomic E-state index is 0.0355. The topological polar surface area (TPSA) is 108 Å². The SMILES string of the molecule is CCCCCCCCCCCCC(=O)OCC(COP(=O)(O)OCC[N+](C)(C)C)OC(=O)CCCCCCCCC. The molecule has 2 atom stereocenters. The first-order valence-electron chi connectivity index (χ1n) is 16.3. The fourth-order valence-corrected chi connectivity index (χ4v) is 4.99. The lowest BCUT2D eigenvalue weighted by Crippen LogP contribution is -2.37. The van der Waals surface area contributed by atoms with Gasteiger partial charge in [0.25, 0.3) is 0 Å². The molecule has 0 aliphatic rings. The molecule has 10 heteroatoms. The molecular formula is C31H63NO8P+. The number of phosphoric acid groups is 1. The molecule has 0 aromatic heterocycles. The molecule has 0 bridgehead atoms. The van der Waals surface area contributed by atoms with Crippen LogP contribution < -0.4 is 0 Å². The Morgan fingerprint density at radius 1 is 0.659 bits per heavy atom. The van der Waals surface area contributed by atoms with E-state index < -0.39 is 26.5 Å². The Hall–Kier alpha value is -0.990. The van der Waals surface area contributed by atoms with Crippen molar-refractivity contribution in [3.63, 3.8) is 0 Å². The zero-order chi connectivity index (χ0) is 30.8. The highest BCUT2D eigenvalue weighted by molar-refractivity contribution is 7.47. The van der Waals surface area contributed by atoms with Crippen LogP contribution in [0, 0.1) is 0 Å². The molecule has 0 amide bonds. The van der Waals surface area contributed by atoms with Crippen LogP contribution in [0.4, 0.5) is 0 Å². The maximum atomic E-state index is 12.4. The van der Waals surface area contributed by atoms with Crippen LogP contribution in [0.15, 0.2) is 0 Å². The molecule has 1 N–H and O–H groups in total. The van der Waals surface area contributed by atoms with Crippen LogP contribution in [0.5, 0.6) is 0 Å². The third-order valence-corrected chi connectivity index (χ3v) is 7.87. The van der Waals surface area contributed by atoms with Gasteiger partial charge in [-0.05, 0) is 12.8 Å². The molecule has 41 heavy (non-hydrogen) atoms. The van der Waals surface area contributed by atoms with Crippen molar-refractivity contribution in [3.05, 3.63) is 0 Å². The molecule has 0 aliphatic heterocycles. The molecule has 0 aromatic carbocycles. The number of unbranched alkanes of at least 4 members (excludes halogenated alkanes) is 15. The monoisotopic (exact) mass is 608 g/mol. The van der Waals surface area contributed by atoms with E-state index >= 15 is 0 Å². The quantitative estimate of drug-likeness (QED) is 0.0398. The molecule has 0 rings (SSSR count). The second-order valence-corrected chi connectivity index (χ2v) is 13.7. The van der Waals surface area contributed by atoms with Gasteiger partial charge >= 0.3 is 19.8 Å². The first kappa shape index (κ1) is 40.0. The fraction of sp³-hybridized carbons (Fsp3) is 0.935. The van der Waals surface area contributed by atoms with Gasteiger partial charge in [0, 0.05) is 12.8 Å². The summed E-state index contributed by atoms with van der Waals surface area (Å²) in [6, 6.07) is 0.